The highest BCUT2D eigenvalue weighted by Crippen LogP contribution is 2.14. The van der Waals surface area contributed by atoms with Crippen LogP contribution in [0.25, 0.3) is 0 Å². The second kappa shape index (κ2) is 5.78. The lowest BCUT2D eigenvalue weighted by molar-refractivity contribution is -0.384. The summed E-state index contributed by atoms with van der Waals surface area (Å²) in [6, 6.07) is 5.48. The first-order valence-electron chi connectivity index (χ1n) is 5.71. The zero-order valence-electron chi connectivity index (χ0n) is 10.5. The Balaban J connectivity index is 2.11. The molecule has 2 rings (SSSR count). The molecule has 0 unspecified atom stereocenters. The number of nitro benzene ring substituents is 1. The molecule has 1 aromatic carbocycles. The average molecular weight is 277 g/mol. The molecule has 0 spiro atoms. The summed E-state index contributed by atoms with van der Waals surface area (Å²) in [7, 11) is 0. The Labute approximate surface area is 113 Å². The van der Waals surface area contributed by atoms with E-state index in [1.54, 1.807) is 6.92 Å². The summed E-state index contributed by atoms with van der Waals surface area (Å²) < 4.78 is 5.03. The van der Waals surface area contributed by atoms with Crippen LogP contribution < -0.4 is 10.1 Å². The van der Waals surface area contributed by atoms with Crippen LogP contribution in [0.4, 0.5) is 11.6 Å². The molecule has 9 heteroatoms. The van der Waals surface area contributed by atoms with Crippen LogP contribution in [0.1, 0.15) is 17.3 Å². The van der Waals surface area contributed by atoms with Crippen molar-refractivity contribution in [1.82, 2.24) is 15.2 Å². The Morgan fingerprint density at radius 3 is 3.05 bits per heavy atom. The third-order valence-electron chi connectivity index (χ3n) is 2.29. The number of aromatic amines is 1. The van der Waals surface area contributed by atoms with Crippen LogP contribution in [-0.2, 0) is 0 Å². The van der Waals surface area contributed by atoms with E-state index in [0.29, 0.717) is 6.61 Å². The molecule has 0 saturated heterocycles. The van der Waals surface area contributed by atoms with Crippen molar-refractivity contribution in [3.63, 3.8) is 0 Å². The van der Waals surface area contributed by atoms with Crippen LogP contribution in [0.5, 0.6) is 6.01 Å². The number of amides is 1. The number of carbonyl (C=O) groups is 1. The molecule has 104 valence electrons. The monoisotopic (exact) mass is 277 g/mol. The summed E-state index contributed by atoms with van der Waals surface area (Å²) in [4.78, 5) is 25.8. The van der Waals surface area contributed by atoms with Gasteiger partial charge in [-0.3, -0.25) is 20.2 Å². The van der Waals surface area contributed by atoms with Crippen molar-refractivity contribution in [3.8, 4) is 6.01 Å². The van der Waals surface area contributed by atoms with Crippen molar-refractivity contribution in [2.45, 2.75) is 6.92 Å². The summed E-state index contributed by atoms with van der Waals surface area (Å²) in [5, 5.41) is 19.3. The van der Waals surface area contributed by atoms with E-state index in [9.17, 15) is 14.9 Å². The van der Waals surface area contributed by atoms with Crippen LogP contribution >= 0.6 is 0 Å². The van der Waals surface area contributed by atoms with Gasteiger partial charge in [-0.2, -0.15) is 4.98 Å². The SMILES string of the molecule is CCOc1n[nH]c(NC(=O)c2cccc([N+](=O)[O-])c2)n1. The van der Waals surface area contributed by atoms with Gasteiger partial charge in [0.1, 0.15) is 0 Å². The lowest BCUT2D eigenvalue weighted by atomic mass is 10.2. The Morgan fingerprint density at radius 2 is 2.35 bits per heavy atom. The number of anilines is 1. The minimum atomic E-state index is -0.571. The van der Waals surface area contributed by atoms with Crippen molar-refractivity contribution >= 4 is 17.5 Å². The molecular weight excluding hydrogens is 266 g/mol. The number of H-pyrrole nitrogens is 1. The normalized spacial score (nSPS) is 10.1. The van der Waals surface area contributed by atoms with Gasteiger partial charge in [0.25, 0.3) is 11.6 Å². The van der Waals surface area contributed by atoms with Gasteiger partial charge in [0.2, 0.25) is 5.95 Å². The predicted octanol–water partition coefficient (Wildman–Crippen LogP) is 1.36. The highest BCUT2D eigenvalue weighted by atomic mass is 16.6. The molecule has 1 aromatic heterocycles. The summed E-state index contributed by atoms with van der Waals surface area (Å²) >= 11 is 0. The van der Waals surface area contributed by atoms with Gasteiger partial charge in [-0.15, -0.1) is 5.10 Å². The molecule has 9 nitrogen and oxygen atoms in total. The Bertz CT molecular complexity index is 639. The van der Waals surface area contributed by atoms with Gasteiger partial charge in [-0.05, 0) is 13.0 Å². The number of rotatable bonds is 5. The first kappa shape index (κ1) is 13.5. The predicted molar refractivity (Wildman–Crippen MR) is 68.6 cm³/mol. The Kier molecular flexibility index (Phi) is 3.89. The lowest BCUT2D eigenvalue weighted by Crippen LogP contribution is -2.13. The summed E-state index contributed by atoms with van der Waals surface area (Å²) in [6.45, 7) is 2.17. The largest absolute Gasteiger partial charge is 0.463 e. The van der Waals surface area contributed by atoms with E-state index in [4.69, 9.17) is 4.74 Å². The van der Waals surface area contributed by atoms with Crippen LogP contribution in [0.3, 0.4) is 0 Å². The molecule has 2 N–H and O–H groups in total. The van der Waals surface area contributed by atoms with Gasteiger partial charge in [0, 0.05) is 17.7 Å². The number of ether oxygens (including phenoxy) is 1. The van der Waals surface area contributed by atoms with Crippen molar-refractivity contribution in [3.05, 3.63) is 39.9 Å². The van der Waals surface area contributed by atoms with E-state index in [-0.39, 0.29) is 23.2 Å². The quantitative estimate of drug-likeness (QED) is 0.628. The third-order valence-corrected chi connectivity index (χ3v) is 2.29. The minimum Gasteiger partial charge on any atom is -0.463 e. The molecule has 0 radical (unpaired) electrons. The maximum Gasteiger partial charge on any atom is 0.337 e. The number of nitrogens with one attached hydrogen (secondary N) is 2. The van der Waals surface area contributed by atoms with Crippen molar-refractivity contribution in [1.29, 1.82) is 0 Å². The zero-order valence-corrected chi connectivity index (χ0v) is 10.5. The number of carbonyl (C=O) groups excluding carboxylic acids is 1. The number of hydrogen-bond donors (Lipinski definition) is 2. The average Bonchev–Trinajstić information content (AvgIpc) is 2.86. The molecule has 2 aromatic rings. The van der Waals surface area contributed by atoms with E-state index in [0.717, 1.165) is 0 Å². The molecule has 1 heterocycles. The number of aromatic nitrogens is 3. The summed E-state index contributed by atoms with van der Waals surface area (Å²) in [5.41, 5.74) is -0.0150. The van der Waals surface area contributed by atoms with E-state index < -0.39 is 10.8 Å². The fourth-order valence-electron chi connectivity index (χ4n) is 1.44. The highest BCUT2D eigenvalue weighted by molar-refractivity contribution is 6.03. The molecular formula is C11H11N5O4. The molecule has 20 heavy (non-hydrogen) atoms. The van der Waals surface area contributed by atoms with Crippen LogP contribution in [0.15, 0.2) is 24.3 Å². The molecule has 0 saturated carbocycles. The van der Waals surface area contributed by atoms with E-state index in [1.807, 2.05) is 0 Å². The molecule has 0 aliphatic rings. The number of nitro groups is 1. The summed E-state index contributed by atoms with van der Waals surface area (Å²) in [6.07, 6.45) is 0. The highest BCUT2D eigenvalue weighted by Gasteiger charge is 2.13. The maximum absolute atomic E-state index is 11.9. The van der Waals surface area contributed by atoms with Crippen LogP contribution in [-0.4, -0.2) is 32.6 Å². The van der Waals surface area contributed by atoms with Gasteiger partial charge in [0.15, 0.2) is 0 Å². The summed E-state index contributed by atoms with van der Waals surface area (Å²) in [5.74, 6) is -0.433. The van der Waals surface area contributed by atoms with Crippen molar-refractivity contribution in [2.24, 2.45) is 0 Å². The second-order valence-corrected chi connectivity index (χ2v) is 3.66. The fourth-order valence-corrected chi connectivity index (χ4v) is 1.44. The lowest BCUT2D eigenvalue weighted by Gasteiger charge is -2.01. The number of non-ortho nitro benzene ring substituents is 1. The van der Waals surface area contributed by atoms with E-state index in [1.165, 1.54) is 24.3 Å². The smallest absolute Gasteiger partial charge is 0.337 e. The molecule has 0 aliphatic heterocycles. The number of benzene rings is 1. The van der Waals surface area contributed by atoms with Crippen LogP contribution in [0, 0.1) is 10.1 Å². The van der Waals surface area contributed by atoms with E-state index >= 15 is 0 Å². The van der Waals surface area contributed by atoms with Gasteiger partial charge in [-0.1, -0.05) is 6.07 Å². The molecule has 0 bridgehead atoms. The first-order chi connectivity index (χ1) is 9.60. The standard InChI is InChI=1S/C11H11N5O4/c1-2-20-11-13-10(14-15-11)12-9(17)7-4-3-5-8(6-7)16(18)19/h3-6H,2H2,1H3,(H2,12,13,14,15,17). The molecule has 1 amide bonds. The third kappa shape index (κ3) is 3.07. The first-order valence-corrected chi connectivity index (χ1v) is 5.71. The van der Waals surface area contributed by atoms with Crippen molar-refractivity contribution in [2.75, 3.05) is 11.9 Å². The molecule has 0 aliphatic carbocycles. The Hall–Kier alpha value is -2.97. The second-order valence-electron chi connectivity index (χ2n) is 3.66. The van der Waals surface area contributed by atoms with Gasteiger partial charge in [0.05, 0.1) is 11.5 Å². The minimum absolute atomic E-state index is 0.102. The molecule has 0 atom stereocenters. The van der Waals surface area contributed by atoms with Gasteiger partial charge < -0.3 is 4.74 Å². The Morgan fingerprint density at radius 1 is 1.55 bits per heavy atom. The maximum atomic E-state index is 11.9. The van der Waals surface area contributed by atoms with Gasteiger partial charge in [-0.25, -0.2) is 5.10 Å². The fraction of sp³-hybridized carbons (Fsp3) is 0.182. The van der Waals surface area contributed by atoms with Crippen molar-refractivity contribution < 1.29 is 14.5 Å². The number of nitrogens with zero attached hydrogens (tertiary/aromatic N) is 3. The molecule has 0 fully saturated rings. The van der Waals surface area contributed by atoms with Crippen LogP contribution in [0.2, 0.25) is 0 Å². The van der Waals surface area contributed by atoms with E-state index in [2.05, 4.69) is 20.5 Å². The topological polar surface area (TPSA) is 123 Å². The zero-order chi connectivity index (χ0) is 14.5. The van der Waals surface area contributed by atoms with Gasteiger partial charge >= 0.3 is 6.01 Å². The number of hydrogen-bond acceptors (Lipinski definition) is 6.